The summed E-state index contributed by atoms with van der Waals surface area (Å²) in [5, 5.41) is 10.5. The van der Waals surface area contributed by atoms with Crippen molar-refractivity contribution in [2.24, 2.45) is 0 Å². The maximum Gasteiger partial charge on any atom is 0.292 e. The van der Waals surface area contributed by atoms with E-state index in [9.17, 15) is 10.1 Å². The van der Waals surface area contributed by atoms with Crippen molar-refractivity contribution in [1.29, 1.82) is 0 Å². The first-order valence-electron chi connectivity index (χ1n) is 4.18. The summed E-state index contributed by atoms with van der Waals surface area (Å²) < 4.78 is 0. The minimum absolute atomic E-state index is 0.00551. The molecule has 0 aromatic heterocycles. The highest BCUT2D eigenvalue weighted by atomic mass is 16.6. The highest BCUT2D eigenvalue weighted by molar-refractivity contribution is 5.62. The Morgan fingerprint density at radius 3 is 2.77 bits per heavy atom. The van der Waals surface area contributed by atoms with E-state index >= 15 is 0 Å². The lowest BCUT2D eigenvalue weighted by molar-refractivity contribution is -0.383. The van der Waals surface area contributed by atoms with Gasteiger partial charge in [0, 0.05) is 6.07 Å². The van der Waals surface area contributed by atoms with Crippen molar-refractivity contribution < 1.29 is 4.92 Å². The molecule has 0 aliphatic rings. The van der Waals surface area contributed by atoms with Gasteiger partial charge in [-0.15, -0.1) is 0 Å². The van der Waals surface area contributed by atoms with Gasteiger partial charge in [-0.2, -0.15) is 0 Å². The van der Waals surface area contributed by atoms with Crippen molar-refractivity contribution in [2.75, 3.05) is 5.73 Å². The predicted octanol–water partition coefficient (Wildman–Crippen LogP) is 2.13. The van der Waals surface area contributed by atoms with Gasteiger partial charge >= 0.3 is 0 Å². The van der Waals surface area contributed by atoms with Gasteiger partial charge < -0.3 is 5.73 Å². The summed E-state index contributed by atoms with van der Waals surface area (Å²) in [6.07, 6.45) is 1.72. The van der Waals surface area contributed by atoms with Crippen LogP contribution < -0.4 is 5.73 Å². The third-order valence-electron chi connectivity index (χ3n) is 1.89. The number of nitro groups is 1. The smallest absolute Gasteiger partial charge is 0.292 e. The van der Waals surface area contributed by atoms with Crippen molar-refractivity contribution in [1.82, 2.24) is 0 Å². The zero-order chi connectivity index (χ0) is 9.84. The van der Waals surface area contributed by atoms with Crippen LogP contribution in [-0.4, -0.2) is 4.92 Å². The molecule has 0 amide bonds. The van der Waals surface area contributed by atoms with Crippen LogP contribution in [-0.2, 0) is 6.42 Å². The minimum Gasteiger partial charge on any atom is -0.393 e. The number of nitrogen functional groups attached to an aromatic ring is 1. The molecule has 0 aliphatic carbocycles. The molecule has 0 spiro atoms. The summed E-state index contributed by atoms with van der Waals surface area (Å²) in [6, 6.07) is 4.92. The van der Waals surface area contributed by atoms with Gasteiger partial charge in [0.1, 0.15) is 5.69 Å². The van der Waals surface area contributed by atoms with Crippen LogP contribution in [0.2, 0.25) is 0 Å². The van der Waals surface area contributed by atoms with E-state index in [2.05, 4.69) is 0 Å². The molecule has 13 heavy (non-hydrogen) atoms. The van der Waals surface area contributed by atoms with Crippen molar-refractivity contribution in [3.05, 3.63) is 33.9 Å². The van der Waals surface area contributed by atoms with Crippen LogP contribution in [0.5, 0.6) is 0 Å². The Bertz CT molecular complexity index is 323. The van der Waals surface area contributed by atoms with E-state index in [4.69, 9.17) is 5.73 Å². The Hall–Kier alpha value is -1.58. The Balaban J connectivity index is 3.10. The van der Waals surface area contributed by atoms with Gasteiger partial charge in [0.25, 0.3) is 5.69 Å². The molecule has 70 valence electrons. The fourth-order valence-corrected chi connectivity index (χ4v) is 1.25. The number of nitrogens with zero attached hydrogens (tertiary/aromatic N) is 1. The Labute approximate surface area is 76.5 Å². The van der Waals surface area contributed by atoms with Gasteiger partial charge in [0.2, 0.25) is 0 Å². The molecule has 2 N–H and O–H groups in total. The average molecular weight is 180 g/mol. The molecule has 0 saturated carbocycles. The number of benzene rings is 1. The third-order valence-corrected chi connectivity index (χ3v) is 1.89. The van der Waals surface area contributed by atoms with Crippen LogP contribution in [0.4, 0.5) is 11.4 Å². The maximum atomic E-state index is 10.5. The zero-order valence-electron chi connectivity index (χ0n) is 7.49. The Kier molecular flexibility index (Phi) is 2.84. The normalized spacial score (nSPS) is 9.92. The summed E-state index contributed by atoms with van der Waals surface area (Å²) >= 11 is 0. The van der Waals surface area contributed by atoms with E-state index in [0.29, 0.717) is 5.69 Å². The van der Waals surface area contributed by atoms with Gasteiger partial charge in [0.15, 0.2) is 0 Å². The largest absolute Gasteiger partial charge is 0.393 e. The summed E-state index contributed by atoms with van der Waals surface area (Å²) in [5.74, 6) is 0. The quantitative estimate of drug-likeness (QED) is 0.440. The number of hydrogen-bond acceptors (Lipinski definition) is 3. The minimum atomic E-state index is -0.450. The van der Waals surface area contributed by atoms with Crippen LogP contribution in [0.1, 0.15) is 18.9 Å². The molecular formula is C9H12N2O2. The van der Waals surface area contributed by atoms with E-state index < -0.39 is 4.92 Å². The number of nitro benzene ring substituents is 1. The predicted molar refractivity (Wildman–Crippen MR) is 51.5 cm³/mol. The van der Waals surface area contributed by atoms with E-state index in [1.807, 2.05) is 13.0 Å². The fraction of sp³-hybridized carbons (Fsp3) is 0.333. The standard InChI is InChI=1S/C9H12N2O2/c1-2-4-7-5-3-6-8(9(7)10)11(12)13/h3,5-6H,2,4,10H2,1H3. The molecule has 4 heteroatoms. The van der Waals surface area contributed by atoms with Crippen molar-refractivity contribution >= 4 is 11.4 Å². The van der Waals surface area contributed by atoms with Crippen LogP contribution >= 0.6 is 0 Å². The van der Waals surface area contributed by atoms with Gasteiger partial charge in [-0.05, 0) is 12.0 Å². The van der Waals surface area contributed by atoms with Gasteiger partial charge in [-0.25, -0.2) is 0 Å². The maximum absolute atomic E-state index is 10.5. The first kappa shape index (κ1) is 9.51. The van der Waals surface area contributed by atoms with E-state index in [0.717, 1.165) is 18.4 Å². The fourth-order valence-electron chi connectivity index (χ4n) is 1.25. The third kappa shape index (κ3) is 1.96. The molecule has 0 aliphatic heterocycles. The molecule has 0 saturated heterocycles. The molecule has 0 bridgehead atoms. The van der Waals surface area contributed by atoms with Gasteiger partial charge in [-0.1, -0.05) is 25.5 Å². The highest BCUT2D eigenvalue weighted by Crippen LogP contribution is 2.25. The summed E-state index contributed by atoms with van der Waals surface area (Å²) in [4.78, 5) is 10.1. The monoisotopic (exact) mass is 180 g/mol. The Morgan fingerprint density at radius 2 is 2.23 bits per heavy atom. The summed E-state index contributed by atoms with van der Waals surface area (Å²) in [5.41, 5.74) is 6.79. The second-order valence-corrected chi connectivity index (χ2v) is 2.86. The number of nitrogens with two attached hydrogens (primary N) is 1. The molecule has 0 unspecified atom stereocenters. The van der Waals surface area contributed by atoms with Crippen LogP contribution in [0.3, 0.4) is 0 Å². The molecular weight excluding hydrogens is 168 g/mol. The molecule has 1 aromatic rings. The Morgan fingerprint density at radius 1 is 1.54 bits per heavy atom. The van der Waals surface area contributed by atoms with Crippen molar-refractivity contribution in [3.63, 3.8) is 0 Å². The number of anilines is 1. The second-order valence-electron chi connectivity index (χ2n) is 2.86. The molecule has 4 nitrogen and oxygen atoms in total. The molecule has 0 atom stereocenters. The zero-order valence-corrected chi connectivity index (χ0v) is 7.49. The second kappa shape index (κ2) is 3.89. The van der Waals surface area contributed by atoms with Gasteiger partial charge in [-0.3, -0.25) is 10.1 Å². The SMILES string of the molecule is CCCc1cccc([N+](=O)[O-])c1N. The van der Waals surface area contributed by atoms with E-state index in [1.165, 1.54) is 6.07 Å². The highest BCUT2D eigenvalue weighted by Gasteiger charge is 2.12. The lowest BCUT2D eigenvalue weighted by atomic mass is 10.1. The first-order chi connectivity index (χ1) is 6.16. The lowest BCUT2D eigenvalue weighted by Crippen LogP contribution is -1.99. The van der Waals surface area contributed by atoms with Gasteiger partial charge in [0.05, 0.1) is 4.92 Å². The van der Waals surface area contributed by atoms with Crippen LogP contribution in [0.25, 0.3) is 0 Å². The number of hydrogen-bond donors (Lipinski definition) is 1. The summed E-state index contributed by atoms with van der Waals surface area (Å²) in [6.45, 7) is 2.01. The average Bonchev–Trinajstić information content (AvgIpc) is 2.08. The topological polar surface area (TPSA) is 69.2 Å². The van der Waals surface area contributed by atoms with Crippen LogP contribution in [0.15, 0.2) is 18.2 Å². The number of rotatable bonds is 3. The number of para-hydroxylation sites is 1. The first-order valence-corrected chi connectivity index (χ1v) is 4.18. The van der Waals surface area contributed by atoms with Crippen molar-refractivity contribution in [2.45, 2.75) is 19.8 Å². The molecule has 1 rings (SSSR count). The lowest BCUT2D eigenvalue weighted by Gasteiger charge is -2.03. The van der Waals surface area contributed by atoms with E-state index in [1.54, 1.807) is 6.07 Å². The molecule has 0 radical (unpaired) electrons. The van der Waals surface area contributed by atoms with Crippen molar-refractivity contribution in [3.8, 4) is 0 Å². The molecule has 0 heterocycles. The molecule has 0 fully saturated rings. The molecule has 1 aromatic carbocycles. The van der Waals surface area contributed by atoms with E-state index in [-0.39, 0.29) is 5.69 Å². The summed E-state index contributed by atoms with van der Waals surface area (Å²) in [7, 11) is 0. The van der Waals surface area contributed by atoms with Crippen LogP contribution in [0, 0.1) is 10.1 Å². The number of aryl methyl sites for hydroxylation is 1.